The van der Waals surface area contributed by atoms with Crippen LogP contribution in [0.5, 0.6) is 0 Å². The van der Waals surface area contributed by atoms with Gasteiger partial charge in [-0.2, -0.15) is 0 Å². The van der Waals surface area contributed by atoms with E-state index in [0.717, 1.165) is 0 Å². The largest absolute Gasteiger partial charge is 0.311 e. The first-order chi connectivity index (χ1) is 11.6. The molecule has 0 aliphatic carbocycles. The summed E-state index contributed by atoms with van der Waals surface area (Å²) in [4.78, 5) is 41.4. The Labute approximate surface area is 143 Å². The van der Waals surface area contributed by atoms with Gasteiger partial charge >= 0.3 is 0 Å². The van der Waals surface area contributed by atoms with Crippen molar-refractivity contribution in [3.05, 3.63) is 58.7 Å². The molecule has 0 spiro atoms. The van der Waals surface area contributed by atoms with Crippen LogP contribution in [-0.4, -0.2) is 34.2 Å². The van der Waals surface area contributed by atoms with Crippen molar-refractivity contribution >= 4 is 35.1 Å². The van der Waals surface area contributed by atoms with Gasteiger partial charge in [0.15, 0.2) is 0 Å². The van der Waals surface area contributed by atoms with Crippen LogP contribution in [0.1, 0.15) is 33.6 Å². The summed E-state index contributed by atoms with van der Waals surface area (Å²) in [5.74, 6) is -0.505. The summed E-state index contributed by atoms with van der Waals surface area (Å²) in [6.07, 6.45) is 0.541. The molecular formula is C17H14ClN3O3. The summed E-state index contributed by atoms with van der Waals surface area (Å²) in [5, 5.41) is 2.92. The minimum absolute atomic E-state index is 0.168. The van der Waals surface area contributed by atoms with Crippen molar-refractivity contribution in [1.29, 1.82) is 0 Å². The van der Waals surface area contributed by atoms with Crippen molar-refractivity contribution in [1.82, 2.24) is 9.88 Å². The number of halogens is 1. The highest BCUT2D eigenvalue weighted by Crippen LogP contribution is 2.22. The molecule has 0 saturated carbocycles. The lowest BCUT2D eigenvalue weighted by atomic mass is 10.1. The fourth-order valence-corrected chi connectivity index (χ4v) is 2.69. The van der Waals surface area contributed by atoms with Gasteiger partial charge in [0.05, 0.1) is 11.1 Å². The lowest BCUT2D eigenvalue weighted by Gasteiger charge is -2.13. The summed E-state index contributed by atoms with van der Waals surface area (Å²) in [6, 6.07) is 11.6. The second-order valence-corrected chi connectivity index (χ2v) is 5.69. The van der Waals surface area contributed by atoms with Crippen LogP contribution in [0.3, 0.4) is 0 Å². The third-order valence-corrected chi connectivity index (χ3v) is 3.86. The molecule has 3 amide bonds. The minimum atomic E-state index is -0.312. The summed E-state index contributed by atoms with van der Waals surface area (Å²) in [7, 11) is 0. The average Bonchev–Trinajstić information content (AvgIpc) is 2.80. The maximum Gasteiger partial charge on any atom is 0.261 e. The molecule has 0 radical (unpaired) electrons. The van der Waals surface area contributed by atoms with E-state index in [1.807, 2.05) is 0 Å². The van der Waals surface area contributed by atoms with E-state index in [1.165, 1.54) is 4.90 Å². The number of nitrogens with zero attached hydrogens (tertiary/aromatic N) is 2. The summed E-state index contributed by atoms with van der Waals surface area (Å²) in [5.41, 5.74) is 0.824. The van der Waals surface area contributed by atoms with E-state index >= 15 is 0 Å². The molecule has 1 aliphatic rings. The van der Waals surface area contributed by atoms with Crippen LogP contribution in [0.25, 0.3) is 0 Å². The first kappa shape index (κ1) is 16.1. The van der Waals surface area contributed by atoms with Gasteiger partial charge in [0.2, 0.25) is 5.91 Å². The molecule has 0 atom stereocenters. The number of imide groups is 1. The number of hydrogen-bond donors (Lipinski definition) is 1. The van der Waals surface area contributed by atoms with Crippen LogP contribution in [0.15, 0.2) is 42.5 Å². The molecule has 1 aliphatic heterocycles. The Morgan fingerprint density at radius 2 is 1.71 bits per heavy atom. The van der Waals surface area contributed by atoms with Crippen molar-refractivity contribution in [2.75, 3.05) is 11.9 Å². The van der Waals surface area contributed by atoms with Crippen LogP contribution in [0, 0.1) is 0 Å². The number of hydrogen-bond acceptors (Lipinski definition) is 4. The first-order valence-corrected chi connectivity index (χ1v) is 7.81. The van der Waals surface area contributed by atoms with Gasteiger partial charge in [-0.1, -0.05) is 29.8 Å². The van der Waals surface area contributed by atoms with Gasteiger partial charge in [0.25, 0.3) is 11.8 Å². The van der Waals surface area contributed by atoms with E-state index in [2.05, 4.69) is 10.3 Å². The molecule has 0 fully saturated rings. The molecular weight excluding hydrogens is 330 g/mol. The fraction of sp³-hybridized carbons (Fsp3) is 0.176. The van der Waals surface area contributed by atoms with Gasteiger partial charge in [-0.25, -0.2) is 4.98 Å². The quantitative estimate of drug-likeness (QED) is 0.668. The third kappa shape index (κ3) is 3.28. The molecule has 122 valence electrons. The van der Waals surface area contributed by atoms with Crippen LogP contribution in [0.2, 0.25) is 5.15 Å². The van der Waals surface area contributed by atoms with Crippen molar-refractivity contribution in [2.24, 2.45) is 0 Å². The molecule has 2 heterocycles. The third-order valence-electron chi connectivity index (χ3n) is 3.65. The number of fused-ring (bicyclic) bond motifs is 1. The molecule has 0 unspecified atom stereocenters. The monoisotopic (exact) mass is 343 g/mol. The highest BCUT2D eigenvalue weighted by molar-refractivity contribution is 6.29. The van der Waals surface area contributed by atoms with E-state index in [0.29, 0.717) is 28.5 Å². The highest BCUT2D eigenvalue weighted by Gasteiger charge is 2.34. The van der Waals surface area contributed by atoms with Gasteiger partial charge in [-0.15, -0.1) is 0 Å². The smallest absolute Gasteiger partial charge is 0.261 e. The van der Waals surface area contributed by atoms with Crippen molar-refractivity contribution < 1.29 is 14.4 Å². The topological polar surface area (TPSA) is 79.4 Å². The van der Waals surface area contributed by atoms with E-state index < -0.39 is 0 Å². The first-order valence-electron chi connectivity index (χ1n) is 7.44. The standard InChI is InChI=1S/C17H14ClN3O3/c18-13-7-3-8-14(19-13)20-15(22)9-4-10-21-16(23)11-5-1-2-6-12(11)17(21)24/h1-3,5-8H,4,9-10H2,(H,19,20,22). The molecule has 0 saturated heterocycles. The zero-order chi connectivity index (χ0) is 17.1. The van der Waals surface area contributed by atoms with Gasteiger partial charge < -0.3 is 5.32 Å². The Kier molecular flexibility index (Phi) is 4.57. The summed E-state index contributed by atoms with van der Waals surface area (Å²) in [6.45, 7) is 0.197. The molecule has 24 heavy (non-hydrogen) atoms. The number of anilines is 1. The van der Waals surface area contributed by atoms with Gasteiger partial charge in [-0.3, -0.25) is 19.3 Å². The molecule has 0 bridgehead atoms. The Balaban J connectivity index is 1.53. The lowest BCUT2D eigenvalue weighted by molar-refractivity contribution is -0.116. The highest BCUT2D eigenvalue weighted by atomic mass is 35.5. The van der Waals surface area contributed by atoms with Crippen LogP contribution >= 0.6 is 11.6 Å². The van der Waals surface area contributed by atoms with Gasteiger partial charge in [0, 0.05) is 13.0 Å². The molecule has 2 aromatic rings. The minimum Gasteiger partial charge on any atom is -0.311 e. The van der Waals surface area contributed by atoms with Gasteiger partial charge in [0.1, 0.15) is 11.0 Å². The Morgan fingerprint density at radius 1 is 1.04 bits per heavy atom. The van der Waals surface area contributed by atoms with E-state index in [9.17, 15) is 14.4 Å². The summed E-state index contributed by atoms with van der Waals surface area (Å²) < 4.78 is 0. The number of carbonyl (C=O) groups is 3. The molecule has 7 heteroatoms. The van der Waals surface area contributed by atoms with Crippen LogP contribution < -0.4 is 5.32 Å². The van der Waals surface area contributed by atoms with E-state index in [-0.39, 0.29) is 30.7 Å². The molecule has 3 rings (SSSR count). The van der Waals surface area contributed by atoms with Crippen LogP contribution in [0.4, 0.5) is 5.82 Å². The second-order valence-electron chi connectivity index (χ2n) is 5.30. The number of benzene rings is 1. The average molecular weight is 344 g/mol. The maximum absolute atomic E-state index is 12.2. The normalized spacial score (nSPS) is 13.1. The Morgan fingerprint density at radius 3 is 2.33 bits per heavy atom. The SMILES string of the molecule is O=C(CCCN1C(=O)c2ccccc2C1=O)Nc1cccc(Cl)n1. The zero-order valence-corrected chi connectivity index (χ0v) is 13.4. The second kappa shape index (κ2) is 6.80. The van der Waals surface area contributed by atoms with Crippen LogP contribution in [-0.2, 0) is 4.79 Å². The van der Waals surface area contributed by atoms with Crippen molar-refractivity contribution in [3.8, 4) is 0 Å². The van der Waals surface area contributed by atoms with Gasteiger partial charge in [-0.05, 0) is 30.7 Å². The number of aromatic nitrogens is 1. The Bertz CT molecular complexity index is 787. The molecule has 1 aromatic carbocycles. The fourth-order valence-electron chi connectivity index (χ4n) is 2.52. The number of rotatable bonds is 5. The zero-order valence-electron chi connectivity index (χ0n) is 12.7. The van der Waals surface area contributed by atoms with E-state index in [1.54, 1.807) is 42.5 Å². The maximum atomic E-state index is 12.2. The number of nitrogens with one attached hydrogen (secondary N) is 1. The predicted molar refractivity (Wildman–Crippen MR) is 88.9 cm³/mol. The number of amides is 3. The number of pyridine rings is 1. The van der Waals surface area contributed by atoms with Crippen molar-refractivity contribution in [3.63, 3.8) is 0 Å². The molecule has 6 nitrogen and oxygen atoms in total. The predicted octanol–water partition coefficient (Wildman–Crippen LogP) is 2.75. The molecule has 1 N–H and O–H groups in total. The summed E-state index contributed by atoms with van der Waals surface area (Å²) >= 11 is 5.75. The Hall–Kier alpha value is -2.73. The number of carbonyl (C=O) groups excluding carboxylic acids is 3. The van der Waals surface area contributed by atoms with Crippen molar-refractivity contribution in [2.45, 2.75) is 12.8 Å². The lowest BCUT2D eigenvalue weighted by Crippen LogP contribution is -2.31. The van der Waals surface area contributed by atoms with E-state index in [4.69, 9.17) is 11.6 Å². The molecule has 1 aromatic heterocycles.